The molecule has 2 nitrogen and oxygen atoms in total. The monoisotopic (exact) mass is 250 g/mol. The topological polar surface area (TPSA) is 29.3 Å². The third-order valence-corrected chi connectivity index (χ3v) is 3.36. The molecule has 1 aromatic rings. The fourth-order valence-electron chi connectivity index (χ4n) is 2.26. The van der Waals surface area contributed by atoms with Crippen LogP contribution < -0.4 is 10.6 Å². The van der Waals surface area contributed by atoms with Crippen molar-refractivity contribution in [2.75, 3.05) is 11.4 Å². The van der Waals surface area contributed by atoms with Gasteiger partial charge in [0.2, 0.25) is 0 Å². The summed E-state index contributed by atoms with van der Waals surface area (Å²) in [4.78, 5) is 2.21. The number of rotatable bonds is 5. The lowest BCUT2D eigenvalue weighted by Crippen LogP contribution is -2.30. The Bertz CT molecular complexity index is 411. The van der Waals surface area contributed by atoms with E-state index in [1.54, 1.807) is 6.07 Å². The molecular formula is C15H23FN2. The first-order valence-corrected chi connectivity index (χ1v) is 6.80. The van der Waals surface area contributed by atoms with Crippen LogP contribution in [-0.4, -0.2) is 12.6 Å². The van der Waals surface area contributed by atoms with Crippen LogP contribution in [0.3, 0.4) is 0 Å². The molecule has 1 atom stereocenters. The van der Waals surface area contributed by atoms with Gasteiger partial charge in [-0.05, 0) is 43.4 Å². The molecule has 2 rings (SSSR count). The summed E-state index contributed by atoms with van der Waals surface area (Å²) in [5.74, 6) is 0.399. The molecule has 0 aromatic heterocycles. The van der Waals surface area contributed by atoms with Crippen LogP contribution in [0.15, 0.2) is 18.2 Å². The maximum Gasteiger partial charge on any atom is 0.146 e. The molecule has 0 spiro atoms. The Labute approximate surface area is 109 Å². The van der Waals surface area contributed by atoms with E-state index >= 15 is 0 Å². The van der Waals surface area contributed by atoms with Crippen LogP contribution in [0.5, 0.6) is 0 Å². The van der Waals surface area contributed by atoms with Crippen molar-refractivity contribution in [3.05, 3.63) is 29.6 Å². The second-order valence-electron chi connectivity index (χ2n) is 5.78. The molecule has 0 radical (unpaired) electrons. The summed E-state index contributed by atoms with van der Waals surface area (Å²) in [6.45, 7) is 7.13. The zero-order valence-corrected chi connectivity index (χ0v) is 11.5. The molecule has 1 aliphatic rings. The number of halogens is 1. The number of benzene rings is 1. The van der Waals surface area contributed by atoms with Crippen molar-refractivity contribution in [3.8, 4) is 0 Å². The molecule has 0 heterocycles. The third kappa shape index (κ3) is 3.02. The average molecular weight is 250 g/mol. The van der Waals surface area contributed by atoms with Crippen molar-refractivity contribution in [2.45, 2.75) is 45.7 Å². The lowest BCUT2D eigenvalue weighted by Gasteiger charge is -2.27. The van der Waals surface area contributed by atoms with Crippen molar-refractivity contribution in [3.63, 3.8) is 0 Å². The van der Waals surface area contributed by atoms with Gasteiger partial charge in [0.05, 0.1) is 5.69 Å². The van der Waals surface area contributed by atoms with Crippen LogP contribution in [0.25, 0.3) is 0 Å². The second kappa shape index (κ2) is 5.27. The van der Waals surface area contributed by atoms with Gasteiger partial charge in [0.15, 0.2) is 0 Å². The highest BCUT2D eigenvalue weighted by atomic mass is 19.1. The summed E-state index contributed by atoms with van der Waals surface area (Å²) in [5.41, 5.74) is 7.37. The molecule has 0 aliphatic heterocycles. The fourth-order valence-corrected chi connectivity index (χ4v) is 2.26. The molecule has 0 bridgehead atoms. The van der Waals surface area contributed by atoms with Gasteiger partial charge in [-0.15, -0.1) is 0 Å². The Morgan fingerprint density at radius 3 is 2.44 bits per heavy atom. The molecular weight excluding hydrogens is 227 g/mol. The summed E-state index contributed by atoms with van der Waals surface area (Å²) < 4.78 is 14.2. The Hall–Kier alpha value is -1.09. The van der Waals surface area contributed by atoms with Crippen LogP contribution in [-0.2, 0) is 0 Å². The van der Waals surface area contributed by atoms with Gasteiger partial charge in [-0.25, -0.2) is 4.39 Å². The van der Waals surface area contributed by atoms with Gasteiger partial charge in [-0.3, -0.25) is 0 Å². The van der Waals surface area contributed by atoms with E-state index in [1.165, 1.54) is 12.8 Å². The van der Waals surface area contributed by atoms with Gasteiger partial charge in [0.1, 0.15) is 5.82 Å². The fraction of sp³-hybridized carbons (Fsp3) is 0.600. The number of hydrogen-bond donors (Lipinski definition) is 1. The van der Waals surface area contributed by atoms with E-state index in [0.29, 0.717) is 12.0 Å². The Morgan fingerprint density at radius 1 is 1.33 bits per heavy atom. The molecule has 1 saturated carbocycles. The lowest BCUT2D eigenvalue weighted by molar-refractivity contribution is 0.576. The molecule has 100 valence electrons. The van der Waals surface area contributed by atoms with E-state index in [0.717, 1.165) is 17.8 Å². The highest BCUT2D eigenvalue weighted by molar-refractivity contribution is 5.51. The summed E-state index contributed by atoms with van der Waals surface area (Å²) in [5, 5.41) is 0. The van der Waals surface area contributed by atoms with Gasteiger partial charge in [-0.1, -0.05) is 19.9 Å². The van der Waals surface area contributed by atoms with Crippen LogP contribution in [0, 0.1) is 11.7 Å². The second-order valence-corrected chi connectivity index (χ2v) is 5.78. The summed E-state index contributed by atoms with van der Waals surface area (Å²) in [6.07, 6.45) is 2.36. The molecule has 3 heteroatoms. The van der Waals surface area contributed by atoms with Crippen molar-refractivity contribution in [1.82, 2.24) is 0 Å². The zero-order chi connectivity index (χ0) is 13.3. The minimum absolute atomic E-state index is 0.118. The van der Waals surface area contributed by atoms with Crippen LogP contribution in [0.4, 0.5) is 10.1 Å². The standard InChI is InChI=1S/C15H23FN2/c1-10(2)9-18(13-5-6-13)15-7-4-12(11(3)17)8-14(15)16/h4,7-8,10-11,13H,5-6,9,17H2,1-3H3/t11-/m1/s1. The van der Waals surface area contributed by atoms with Crippen molar-refractivity contribution < 1.29 is 4.39 Å². The Balaban J connectivity index is 2.24. The SMILES string of the molecule is CC(C)CN(c1ccc([C@@H](C)N)cc1F)C1CC1. The highest BCUT2D eigenvalue weighted by Gasteiger charge is 2.31. The van der Waals surface area contributed by atoms with E-state index in [2.05, 4.69) is 18.7 Å². The van der Waals surface area contributed by atoms with Gasteiger partial charge in [-0.2, -0.15) is 0 Å². The van der Waals surface area contributed by atoms with Gasteiger partial charge in [0, 0.05) is 18.6 Å². The third-order valence-electron chi connectivity index (χ3n) is 3.36. The number of nitrogens with zero attached hydrogens (tertiary/aromatic N) is 1. The normalized spacial score (nSPS) is 17.0. The van der Waals surface area contributed by atoms with Crippen LogP contribution in [0.1, 0.15) is 45.2 Å². The maximum atomic E-state index is 14.2. The first-order chi connectivity index (χ1) is 8.49. The first-order valence-electron chi connectivity index (χ1n) is 6.80. The number of nitrogens with two attached hydrogens (primary N) is 1. The molecule has 1 aromatic carbocycles. The summed E-state index contributed by atoms with van der Waals surface area (Å²) >= 11 is 0. The summed E-state index contributed by atoms with van der Waals surface area (Å²) in [7, 11) is 0. The largest absolute Gasteiger partial charge is 0.366 e. The van der Waals surface area contributed by atoms with Crippen LogP contribution in [0.2, 0.25) is 0 Å². The minimum Gasteiger partial charge on any atom is -0.366 e. The Morgan fingerprint density at radius 2 is 2.00 bits per heavy atom. The van der Waals surface area contributed by atoms with E-state index < -0.39 is 0 Å². The maximum absolute atomic E-state index is 14.2. The van der Waals surface area contributed by atoms with Crippen molar-refractivity contribution in [1.29, 1.82) is 0 Å². The van der Waals surface area contributed by atoms with Gasteiger partial charge >= 0.3 is 0 Å². The van der Waals surface area contributed by atoms with E-state index in [-0.39, 0.29) is 11.9 Å². The average Bonchev–Trinajstić information content (AvgIpc) is 3.09. The van der Waals surface area contributed by atoms with E-state index in [9.17, 15) is 4.39 Å². The van der Waals surface area contributed by atoms with E-state index in [4.69, 9.17) is 5.73 Å². The molecule has 0 unspecified atom stereocenters. The van der Waals surface area contributed by atoms with Gasteiger partial charge in [0.25, 0.3) is 0 Å². The zero-order valence-electron chi connectivity index (χ0n) is 11.5. The molecule has 0 amide bonds. The number of hydrogen-bond acceptors (Lipinski definition) is 2. The van der Waals surface area contributed by atoms with Crippen LogP contribution >= 0.6 is 0 Å². The molecule has 2 N–H and O–H groups in total. The first kappa shape index (κ1) is 13.3. The lowest BCUT2D eigenvalue weighted by atomic mass is 10.1. The molecule has 1 fully saturated rings. The van der Waals surface area contributed by atoms with Gasteiger partial charge < -0.3 is 10.6 Å². The van der Waals surface area contributed by atoms with E-state index in [1.807, 2.05) is 19.1 Å². The Kier molecular flexibility index (Phi) is 3.91. The number of anilines is 1. The quantitative estimate of drug-likeness (QED) is 0.867. The predicted molar refractivity (Wildman–Crippen MR) is 74.2 cm³/mol. The highest BCUT2D eigenvalue weighted by Crippen LogP contribution is 2.34. The molecule has 0 saturated heterocycles. The molecule has 18 heavy (non-hydrogen) atoms. The summed E-state index contributed by atoms with van der Waals surface area (Å²) in [6, 6.07) is 5.82. The smallest absolute Gasteiger partial charge is 0.146 e. The predicted octanol–water partition coefficient (Wildman–Crippen LogP) is 3.47. The minimum atomic E-state index is -0.141. The van der Waals surface area contributed by atoms with Crippen molar-refractivity contribution in [2.24, 2.45) is 11.7 Å². The van der Waals surface area contributed by atoms with Crippen molar-refractivity contribution >= 4 is 5.69 Å². The molecule has 1 aliphatic carbocycles.